The maximum Gasteiger partial charge on any atom is 0.264 e. The van der Waals surface area contributed by atoms with Gasteiger partial charge in [-0.15, -0.1) is 5.10 Å². The molecule has 0 bridgehead atoms. The number of fused-ring (bicyclic) bond motifs is 2. The Kier molecular flexibility index (Phi) is 7.29. The van der Waals surface area contributed by atoms with E-state index in [1.54, 1.807) is 24.0 Å². The molecule has 1 amide bonds. The number of hydrogen-bond donors (Lipinski definition) is 1. The summed E-state index contributed by atoms with van der Waals surface area (Å²) in [6.07, 6.45) is 2.33. The van der Waals surface area contributed by atoms with Gasteiger partial charge in [0.15, 0.2) is 5.60 Å². The van der Waals surface area contributed by atoms with Gasteiger partial charge in [-0.05, 0) is 65.9 Å². The summed E-state index contributed by atoms with van der Waals surface area (Å²) < 4.78 is 25.5. The lowest BCUT2D eigenvalue weighted by atomic mass is 9.82. The average Bonchev–Trinajstić information content (AvgIpc) is 3.49. The molecule has 3 aromatic rings. The molecule has 1 aromatic heterocycles. The van der Waals surface area contributed by atoms with E-state index in [1.807, 2.05) is 54.3 Å². The summed E-state index contributed by atoms with van der Waals surface area (Å²) >= 11 is 2.28. The SMILES string of the molecule is C[C@H]1[C@H]([Si](C)(C)F)[C@@H](CCn2cc(CCO)nn2)O[C@]12C(=O)N(Cc1cccc(I)c1)c1ccccc12. The number of para-hydroxylation sites is 1. The molecule has 196 valence electrons. The van der Waals surface area contributed by atoms with Gasteiger partial charge in [0.25, 0.3) is 5.91 Å². The number of aliphatic hydroxyl groups is 1. The van der Waals surface area contributed by atoms with Crippen molar-refractivity contribution in [3.63, 3.8) is 0 Å². The van der Waals surface area contributed by atoms with Crippen LogP contribution in [0.15, 0.2) is 54.7 Å². The number of hydrogen-bond acceptors (Lipinski definition) is 5. The van der Waals surface area contributed by atoms with Crippen LogP contribution in [0.3, 0.4) is 0 Å². The molecule has 1 spiro atoms. The smallest absolute Gasteiger partial charge is 0.264 e. The van der Waals surface area contributed by atoms with Gasteiger partial charge < -0.3 is 18.9 Å². The molecule has 37 heavy (non-hydrogen) atoms. The molecular formula is C27H32FIN4O3Si. The summed E-state index contributed by atoms with van der Waals surface area (Å²) in [6, 6.07) is 15.9. The summed E-state index contributed by atoms with van der Waals surface area (Å²) in [5.74, 6) is -0.434. The Bertz CT molecular complexity index is 1300. The van der Waals surface area contributed by atoms with Crippen LogP contribution in [0.25, 0.3) is 0 Å². The van der Waals surface area contributed by atoms with Crippen molar-refractivity contribution < 1.29 is 18.7 Å². The van der Waals surface area contributed by atoms with E-state index in [9.17, 15) is 4.79 Å². The van der Waals surface area contributed by atoms with Crippen molar-refractivity contribution in [1.29, 1.82) is 0 Å². The van der Waals surface area contributed by atoms with Crippen LogP contribution in [0.2, 0.25) is 18.6 Å². The van der Waals surface area contributed by atoms with Crippen molar-refractivity contribution in [3.8, 4) is 0 Å². The van der Waals surface area contributed by atoms with E-state index in [1.165, 1.54) is 0 Å². The third-order valence-electron chi connectivity index (χ3n) is 7.69. The quantitative estimate of drug-likeness (QED) is 0.218. The van der Waals surface area contributed by atoms with Crippen LogP contribution in [0, 0.1) is 9.49 Å². The van der Waals surface area contributed by atoms with Gasteiger partial charge in [0, 0.05) is 46.4 Å². The van der Waals surface area contributed by atoms with Gasteiger partial charge in [-0.1, -0.05) is 42.5 Å². The molecule has 0 saturated carbocycles. The lowest BCUT2D eigenvalue weighted by Crippen LogP contribution is -2.45. The minimum absolute atomic E-state index is 0.00826. The van der Waals surface area contributed by atoms with Crippen LogP contribution in [0.1, 0.15) is 30.2 Å². The molecule has 3 heterocycles. The first-order valence-electron chi connectivity index (χ1n) is 12.7. The number of rotatable bonds is 8. The average molecular weight is 635 g/mol. The molecule has 2 aliphatic rings. The second-order valence-electron chi connectivity index (χ2n) is 10.5. The number of aliphatic hydroxyl groups excluding tert-OH is 1. The summed E-state index contributed by atoms with van der Waals surface area (Å²) in [6.45, 7) is 6.35. The molecule has 0 aliphatic carbocycles. The zero-order valence-corrected chi connectivity index (χ0v) is 24.4. The zero-order valence-electron chi connectivity index (χ0n) is 21.3. The number of aromatic nitrogens is 3. The first-order valence-corrected chi connectivity index (χ1v) is 16.7. The first kappa shape index (κ1) is 26.5. The minimum Gasteiger partial charge on any atom is -0.396 e. The number of ether oxygens (including phenoxy) is 1. The van der Waals surface area contributed by atoms with E-state index in [0.29, 0.717) is 31.6 Å². The Balaban J connectivity index is 1.48. The number of anilines is 1. The van der Waals surface area contributed by atoms with Crippen molar-refractivity contribution in [3.05, 3.63) is 75.1 Å². The summed E-state index contributed by atoms with van der Waals surface area (Å²) in [4.78, 5) is 16.1. The van der Waals surface area contributed by atoms with Crippen LogP contribution in [-0.2, 0) is 34.6 Å². The number of amides is 1. The van der Waals surface area contributed by atoms with Crippen LogP contribution >= 0.6 is 22.6 Å². The predicted octanol–water partition coefficient (Wildman–Crippen LogP) is 4.83. The van der Waals surface area contributed by atoms with Crippen LogP contribution < -0.4 is 4.90 Å². The topological polar surface area (TPSA) is 80.5 Å². The molecule has 2 aromatic carbocycles. The molecule has 0 unspecified atom stereocenters. The highest BCUT2D eigenvalue weighted by molar-refractivity contribution is 14.1. The Morgan fingerprint density at radius 2 is 2.00 bits per heavy atom. The van der Waals surface area contributed by atoms with Gasteiger partial charge in [0.05, 0.1) is 24.0 Å². The van der Waals surface area contributed by atoms with Crippen molar-refractivity contribution in [1.82, 2.24) is 15.0 Å². The summed E-state index contributed by atoms with van der Waals surface area (Å²) in [7, 11) is -3.22. The van der Waals surface area contributed by atoms with Crippen molar-refractivity contribution in [2.24, 2.45) is 5.92 Å². The molecule has 1 saturated heterocycles. The largest absolute Gasteiger partial charge is 0.396 e. The third-order valence-corrected chi connectivity index (χ3v) is 10.8. The van der Waals surface area contributed by atoms with Gasteiger partial charge in [0.1, 0.15) is 0 Å². The zero-order chi connectivity index (χ0) is 26.4. The second-order valence-corrected chi connectivity index (χ2v) is 15.6. The fourth-order valence-corrected chi connectivity index (χ4v) is 9.33. The Labute approximate surface area is 231 Å². The van der Waals surface area contributed by atoms with Gasteiger partial charge in [-0.25, -0.2) is 0 Å². The molecule has 1 fully saturated rings. The molecule has 7 nitrogen and oxygen atoms in total. The van der Waals surface area contributed by atoms with Crippen LogP contribution in [0.5, 0.6) is 0 Å². The van der Waals surface area contributed by atoms with Gasteiger partial charge >= 0.3 is 0 Å². The number of halogens is 2. The molecule has 4 atom stereocenters. The van der Waals surface area contributed by atoms with Crippen molar-refractivity contribution in [2.75, 3.05) is 11.5 Å². The van der Waals surface area contributed by atoms with Gasteiger partial charge in [-0.2, -0.15) is 0 Å². The Morgan fingerprint density at radius 1 is 1.22 bits per heavy atom. The highest BCUT2D eigenvalue weighted by Gasteiger charge is 2.66. The maximum absolute atomic E-state index is 15.9. The summed E-state index contributed by atoms with van der Waals surface area (Å²) in [5.41, 5.74) is 1.84. The molecule has 2 aliphatic heterocycles. The number of nitrogens with zero attached hydrogens (tertiary/aromatic N) is 4. The molecule has 0 radical (unpaired) electrons. The molecule has 5 rings (SSSR count). The van der Waals surface area contributed by atoms with Gasteiger partial charge in [0.2, 0.25) is 8.41 Å². The van der Waals surface area contributed by atoms with E-state index in [2.05, 4.69) is 39.0 Å². The van der Waals surface area contributed by atoms with Crippen LogP contribution in [-0.4, -0.2) is 47.1 Å². The normalized spacial score (nSPS) is 25.3. The lowest BCUT2D eigenvalue weighted by Gasteiger charge is -2.31. The second kappa shape index (κ2) is 10.2. The van der Waals surface area contributed by atoms with Crippen molar-refractivity contribution >= 4 is 42.6 Å². The number of carbonyl (C=O) groups excluding carboxylic acids is 1. The van der Waals surface area contributed by atoms with E-state index >= 15 is 4.11 Å². The molecule has 1 N–H and O–H groups in total. The monoisotopic (exact) mass is 634 g/mol. The van der Waals surface area contributed by atoms with E-state index in [4.69, 9.17) is 9.84 Å². The molecular weight excluding hydrogens is 602 g/mol. The Hall–Kier alpha value is -2.15. The third kappa shape index (κ3) is 4.77. The van der Waals surface area contributed by atoms with E-state index < -0.39 is 20.1 Å². The lowest BCUT2D eigenvalue weighted by molar-refractivity contribution is -0.146. The first-order chi connectivity index (χ1) is 17.6. The number of carbonyl (C=O) groups is 1. The fraction of sp³-hybridized carbons (Fsp3) is 0.444. The highest BCUT2D eigenvalue weighted by atomic mass is 127. The van der Waals surface area contributed by atoms with E-state index in [-0.39, 0.29) is 24.0 Å². The minimum atomic E-state index is -3.22. The fourth-order valence-electron chi connectivity index (χ4n) is 6.18. The number of aryl methyl sites for hydroxylation is 1. The van der Waals surface area contributed by atoms with Crippen molar-refractivity contribution in [2.45, 2.75) is 63.2 Å². The summed E-state index contributed by atoms with van der Waals surface area (Å²) in [5, 5.41) is 17.4. The number of benzene rings is 2. The highest BCUT2D eigenvalue weighted by Crippen LogP contribution is 2.60. The van der Waals surface area contributed by atoms with E-state index in [0.717, 1.165) is 20.4 Å². The predicted molar refractivity (Wildman–Crippen MR) is 150 cm³/mol. The van der Waals surface area contributed by atoms with Gasteiger partial charge in [-0.3, -0.25) is 9.48 Å². The standard InChI is InChI=1S/C27H32FIN4O3Si/c1-18-25(37(2,3)28)24(11-13-32-17-21(12-14-34)30-31-32)36-27(18)22-9-4-5-10-23(22)33(26(27)35)16-19-7-6-8-20(29)15-19/h4-10,15,17-18,24-25,34H,11-14,16H2,1-3H3/t18-,24+,25-,27+/m0/s1. The van der Waals surface area contributed by atoms with Crippen LogP contribution in [0.4, 0.5) is 9.80 Å². The molecule has 10 heteroatoms. The Morgan fingerprint density at radius 3 is 2.73 bits per heavy atom. The maximum atomic E-state index is 15.9.